The van der Waals surface area contributed by atoms with Gasteiger partial charge in [-0.3, -0.25) is 9.69 Å². The number of nitrogens with one attached hydrogen (secondary N) is 1. The molecule has 0 radical (unpaired) electrons. The van der Waals surface area contributed by atoms with Crippen molar-refractivity contribution in [2.75, 3.05) is 13.2 Å². The maximum absolute atomic E-state index is 12.8. The van der Waals surface area contributed by atoms with Crippen molar-refractivity contribution >= 4 is 10.9 Å². The van der Waals surface area contributed by atoms with E-state index in [-0.39, 0.29) is 24.1 Å². The molecule has 3 aromatic heterocycles. The summed E-state index contributed by atoms with van der Waals surface area (Å²) in [4.78, 5) is 17.8. The first kappa shape index (κ1) is 21.9. The fourth-order valence-corrected chi connectivity index (χ4v) is 4.12. The molecule has 1 unspecified atom stereocenters. The maximum Gasteiger partial charge on any atom is 0.252 e. The van der Waals surface area contributed by atoms with Gasteiger partial charge in [-0.25, -0.2) is 4.68 Å². The number of H-pyrrole nitrogens is 1. The Morgan fingerprint density at radius 1 is 1.25 bits per heavy atom. The predicted molar refractivity (Wildman–Crippen MR) is 120 cm³/mol. The molecule has 0 aliphatic carbocycles. The number of nitrogens with zero attached hydrogens (tertiary/aromatic N) is 5. The number of benzene rings is 1. The van der Waals surface area contributed by atoms with E-state index in [4.69, 9.17) is 4.42 Å². The van der Waals surface area contributed by atoms with Crippen LogP contribution in [-0.4, -0.2) is 48.3 Å². The second-order valence-electron chi connectivity index (χ2n) is 8.37. The van der Waals surface area contributed by atoms with E-state index in [1.54, 1.807) is 10.9 Å². The zero-order valence-electron chi connectivity index (χ0n) is 18.5. The molecule has 3 heterocycles. The van der Waals surface area contributed by atoms with Crippen LogP contribution in [0.25, 0.3) is 10.9 Å². The Kier molecular flexibility index (Phi) is 6.48. The zero-order chi connectivity index (χ0) is 22.7. The van der Waals surface area contributed by atoms with Crippen molar-refractivity contribution in [3.05, 3.63) is 75.7 Å². The molecule has 0 aliphatic heterocycles. The first-order chi connectivity index (χ1) is 15.5. The number of hydrogen-bond donors (Lipinski definition) is 2. The van der Waals surface area contributed by atoms with Crippen LogP contribution in [0.1, 0.15) is 42.6 Å². The van der Waals surface area contributed by atoms with Gasteiger partial charge in [-0.05, 0) is 59.0 Å². The summed E-state index contributed by atoms with van der Waals surface area (Å²) in [5, 5.41) is 23.1. The Labute approximate surface area is 185 Å². The first-order valence-electron chi connectivity index (χ1n) is 10.7. The fraction of sp³-hybridized carbons (Fsp3) is 0.391. The monoisotopic (exact) mass is 436 g/mol. The highest BCUT2D eigenvalue weighted by Crippen LogP contribution is 2.28. The highest BCUT2D eigenvalue weighted by Gasteiger charge is 2.29. The average Bonchev–Trinajstić information content (AvgIpc) is 3.42. The number of rotatable bonds is 9. The molecule has 0 aliphatic rings. The lowest BCUT2D eigenvalue weighted by molar-refractivity contribution is 0.105. The van der Waals surface area contributed by atoms with Gasteiger partial charge >= 0.3 is 0 Å². The van der Waals surface area contributed by atoms with E-state index in [1.807, 2.05) is 37.3 Å². The van der Waals surface area contributed by atoms with Gasteiger partial charge < -0.3 is 14.5 Å². The molecule has 0 amide bonds. The van der Waals surface area contributed by atoms with Crippen LogP contribution in [0.3, 0.4) is 0 Å². The van der Waals surface area contributed by atoms with Crippen molar-refractivity contribution in [2.24, 2.45) is 5.92 Å². The van der Waals surface area contributed by atoms with E-state index in [1.165, 1.54) is 0 Å². The lowest BCUT2D eigenvalue weighted by atomic mass is 10.00. The minimum atomic E-state index is -0.209. The van der Waals surface area contributed by atoms with E-state index in [2.05, 4.69) is 45.3 Å². The van der Waals surface area contributed by atoms with Gasteiger partial charge in [0, 0.05) is 24.2 Å². The quantitative estimate of drug-likeness (QED) is 0.415. The molecule has 9 heteroatoms. The Morgan fingerprint density at radius 2 is 2.09 bits per heavy atom. The number of tetrazole rings is 1. The van der Waals surface area contributed by atoms with Crippen LogP contribution in [0.2, 0.25) is 0 Å². The van der Waals surface area contributed by atoms with Crippen LogP contribution in [0.5, 0.6) is 0 Å². The third-order valence-corrected chi connectivity index (χ3v) is 5.57. The van der Waals surface area contributed by atoms with Gasteiger partial charge in [0.2, 0.25) is 0 Å². The molecule has 0 spiro atoms. The minimum Gasteiger partial charge on any atom is -0.467 e. The molecule has 4 aromatic rings. The Hall–Kier alpha value is -3.30. The summed E-state index contributed by atoms with van der Waals surface area (Å²) in [7, 11) is 0. The smallest absolute Gasteiger partial charge is 0.252 e. The molecule has 1 atom stereocenters. The van der Waals surface area contributed by atoms with Crippen LogP contribution in [-0.2, 0) is 13.1 Å². The Balaban J connectivity index is 1.69. The number of pyridine rings is 1. The molecular formula is C23H28N6O3. The van der Waals surface area contributed by atoms with Gasteiger partial charge in [-0.1, -0.05) is 25.5 Å². The summed E-state index contributed by atoms with van der Waals surface area (Å²) in [5.41, 5.74) is 2.43. The van der Waals surface area contributed by atoms with Crippen molar-refractivity contribution in [3.63, 3.8) is 0 Å². The Morgan fingerprint density at radius 3 is 2.81 bits per heavy atom. The topological polar surface area (TPSA) is 113 Å². The van der Waals surface area contributed by atoms with Gasteiger partial charge in [0.1, 0.15) is 12.3 Å². The Bertz CT molecular complexity index is 1230. The molecular weight excluding hydrogens is 408 g/mol. The van der Waals surface area contributed by atoms with Gasteiger partial charge in [0.15, 0.2) is 5.82 Å². The number of aromatic amines is 1. The molecule has 0 saturated carbocycles. The highest BCUT2D eigenvalue weighted by molar-refractivity contribution is 5.79. The van der Waals surface area contributed by atoms with Crippen molar-refractivity contribution in [3.8, 4) is 0 Å². The van der Waals surface area contributed by atoms with E-state index < -0.39 is 0 Å². The highest BCUT2D eigenvalue weighted by atomic mass is 16.3. The van der Waals surface area contributed by atoms with Gasteiger partial charge in [-0.2, -0.15) is 0 Å². The van der Waals surface area contributed by atoms with E-state index in [0.29, 0.717) is 31.0 Å². The number of aromatic nitrogens is 5. The third-order valence-electron chi connectivity index (χ3n) is 5.57. The number of aryl methyl sites for hydroxylation is 1. The number of furan rings is 1. The van der Waals surface area contributed by atoms with Crippen LogP contribution in [0, 0.1) is 12.8 Å². The SMILES string of the molecule is Cc1ccc2[nH]c(=O)c(CN(CCO)C(c3nnnn3Cc3ccco3)C(C)C)cc2c1. The zero-order valence-corrected chi connectivity index (χ0v) is 18.5. The van der Waals surface area contributed by atoms with Crippen molar-refractivity contribution < 1.29 is 9.52 Å². The van der Waals surface area contributed by atoms with E-state index in [0.717, 1.165) is 22.2 Å². The number of aliphatic hydroxyl groups excluding tert-OH is 1. The lowest BCUT2D eigenvalue weighted by Gasteiger charge is -2.33. The molecule has 0 fully saturated rings. The molecule has 168 valence electrons. The molecule has 0 bridgehead atoms. The molecule has 4 rings (SSSR count). The van der Waals surface area contributed by atoms with Crippen LogP contribution < -0.4 is 5.56 Å². The van der Waals surface area contributed by atoms with E-state index in [9.17, 15) is 9.90 Å². The summed E-state index contributed by atoms with van der Waals surface area (Å²) in [6, 6.07) is 11.4. The average molecular weight is 437 g/mol. The maximum atomic E-state index is 12.8. The third kappa shape index (κ3) is 4.63. The van der Waals surface area contributed by atoms with Crippen molar-refractivity contribution in [1.29, 1.82) is 0 Å². The molecule has 0 saturated heterocycles. The first-order valence-corrected chi connectivity index (χ1v) is 10.7. The summed E-state index contributed by atoms with van der Waals surface area (Å²) >= 11 is 0. The lowest BCUT2D eigenvalue weighted by Crippen LogP contribution is -2.37. The van der Waals surface area contributed by atoms with Gasteiger partial charge in [0.05, 0.1) is 18.9 Å². The molecule has 1 aromatic carbocycles. The summed E-state index contributed by atoms with van der Waals surface area (Å²) in [6.07, 6.45) is 1.62. The molecule has 2 N–H and O–H groups in total. The molecule has 32 heavy (non-hydrogen) atoms. The predicted octanol–water partition coefficient (Wildman–Crippen LogP) is 2.66. The standard InChI is InChI=1S/C23H28N6O3/c1-15(2)21(22-25-26-27-29(22)14-19-5-4-10-32-19)28(8-9-30)13-18-12-17-11-16(3)6-7-20(17)24-23(18)31/h4-7,10-12,15,21,30H,8-9,13-14H2,1-3H3,(H,24,31). The summed E-state index contributed by atoms with van der Waals surface area (Å²) in [6.45, 7) is 7.27. The normalized spacial score (nSPS) is 12.8. The van der Waals surface area contributed by atoms with Crippen LogP contribution in [0.4, 0.5) is 0 Å². The van der Waals surface area contributed by atoms with Crippen molar-refractivity contribution in [1.82, 2.24) is 30.1 Å². The van der Waals surface area contributed by atoms with E-state index >= 15 is 0 Å². The second-order valence-corrected chi connectivity index (χ2v) is 8.37. The van der Waals surface area contributed by atoms with Gasteiger partial charge in [-0.15, -0.1) is 5.10 Å². The largest absolute Gasteiger partial charge is 0.467 e. The summed E-state index contributed by atoms with van der Waals surface area (Å²) in [5.74, 6) is 1.54. The fourth-order valence-electron chi connectivity index (χ4n) is 4.12. The van der Waals surface area contributed by atoms with Crippen molar-refractivity contribution in [2.45, 2.75) is 39.9 Å². The minimum absolute atomic E-state index is 0.0481. The number of aliphatic hydroxyl groups is 1. The van der Waals surface area contributed by atoms with Crippen LogP contribution >= 0.6 is 0 Å². The number of hydrogen-bond acceptors (Lipinski definition) is 7. The van der Waals surface area contributed by atoms with Crippen LogP contribution in [0.15, 0.2) is 51.9 Å². The molecule has 9 nitrogen and oxygen atoms in total. The number of fused-ring (bicyclic) bond motifs is 1. The second kappa shape index (κ2) is 9.46. The van der Waals surface area contributed by atoms with Gasteiger partial charge in [0.25, 0.3) is 5.56 Å². The summed E-state index contributed by atoms with van der Waals surface area (Å²) < 4.78 is 7.17.